The number of nitrogens with one attached hydrogen (secondary N) is 1. The number of aliphatic hydroxyl groups excluding tert-OH is 4. The first kappa shape index (κ1) is 15.7. The maximum Gasteiger partial charge on any atom is 0.342 e. The summed E-state index contributed by atoms with van der Waals surface area (Å²) in [5, 5.41) is 42.7. The molecule has 0 saturated carbocycles. The Morgan fingerprint density at radius 3 is 2.42 bits per heavy atom. The average Bonchev–Trinajstić information content (AvgIpc) is 2.40. The first-order chi connectivity index (χ1) is 8.96. The molecule has 0 bridgehead atoms. The molecule has 0 aromatic carbocycles. The van der Waals surface area contributed by atoms with E-state index < -0.39 is 43.3 Å². The molecule has 110 valence electrons. The minimum absolute atomic E-state index is 0.00670. The molecule has 2 amide bonds. The largest absolute Gasteiger partial charge is 0.394 e. The number of urea groups is 1. The van der Waals surface area contributed by atoms with E-state index in [0.717, 1.165) is 0 Å². The topological polar surface area (TPSA) is 152 Å². The summed E-state index contributed by atoms with van der Waals surface area (Å²) >= 11 is 0. The van der Waals surface area contributed by atoms with Crippen molar-refractivity contribution in [3.05, 3.63) is 4.91 Å². The van der Waals surface area contributed by atoms with Crippen molar-refractivity contribution < 1.29 is 30.0 Å². The highest BCUT2D eigenvalue weighted by Crippen LogP contribution is 2.19. The van der Waals surface area contributed by atoms with Gasteiger partial charge in [-0.3, -0.25) is 0 Å². The van der Waals surface area contributed by atoms with Crippen molar-refractivity contribution in [3.63, 3.8) is 0 Å². The van der Waals surface area contributed by atoms with Gasteiger partial charge in [0.05, 0.1) is 11.9 Å². The van der Waals surface area contributed by atoms with E-state index in [0.29, 0.717) is 5.01 Å². The predicted molar refractivity (Wildman–Crippen MR) is 60.5 cm³/mol. The molecule has 10 heteroatoms. The van der Waals surface area contributed by atoms with Crippen LogP contribution in [0, 0.1) is 4.91 Å². The molecule has 0 radical (unpaired) electrons. The van der Waals surface area contributed by atoms with Gasteiger partial charge in [-0.2, -0.15) is 5.01 Å². The van der Waals surface area contributed by atoms with Crippen molar-refractivity contribution in [1.82, 2.24) is 10.3 Å². The Morgan fingerprint density at radius 2 is 1.95 bits per heavy atom. The Bertz CT molecular complexity index is 327. The van der Waals surface area contributed by atoms with E-state index in [1.165, 1.54) is 6.92 Å². The van der Waals surface area contributed by atoms with Gasteiger partial charge in [0, 0.05) is 6.54 Å². The van der Waals surface area contributed by atoms with Crippen LogP contribution in [0.5, 0.6) is 0 Å². The van der Waals surface area contributed by atoms with Gasteiger partial charge in [-0.05, 0) is 6.92 Å². The Hall–Kier alpha value is -1.33. The molecule has 5 N–H and O–H groups in total. The van der Waals surface area contributed by atoms with Crippen LogP contribution in [-0.4, -0.2) is 75.3 Å². The lowest BCUT2D eigenvalue weighted by atomic mass is 9.98. The Labute approximate surface area is 108 Å². The van der Waals surface area contributed by atoms with E-state index in [2.05, 4.69) is 10.6 Å². The van der Waals surface area contributed by atoms with Gasteiger partial charge >= 0.3 is 6.03 Å². The maximum atomic E-state index is 11.5. The second kappa shape index (κ2) is 6.73. The SMILES string of the molecule is CCN(N=O)C(=O)N[C@H]1O[C@H](CO)[C@@H](O)[C@H](O)[C@H]1O. The van der Waals surface area contributed by atoms with Crippen LogP contribution in [0.15, 0.2) is 5.29 Å². The van der Waals surface area contributed by atoms with E-state index in [4.69, 9.17) is 9.84 Å². The number of amides is 2. The molecular weight excluding hydrogens is 262 g/mol. The number of carbonyl (C=O) groups excluding carboxylic acids is 1. The monoisotopic (exact) mass is 279 g/mol. The van der Waals surface area contributed by atoms with Gasteiger partial charge < -0.3 is 30.5 Å². The molecular formula is C9H17N3O7. The summed E-state index contributed by atoms with van der Waals surface area (Å²) in [5.41, 5.74) is 0. The molecule has 0 unspecified atom stereocenters. The number of hydrogen-bond donors (Lipinski definition) is 5. The highest BCUT2D eigenvalue weighted by molar-refractivity contribution is 5.73. The van der Waals surface area contributed by atoms with Gasteiger partial charge in [0.25, 0.3) is 0 Å². The zero-order chi connectivity index (χ0) is 14.6. The first-order valence-corrected chi connectivity index (χ1v) is 5.68. The fraction of sp³-hybridized carbons (Fsp3) is 0.889. The van der Waals surface area contributed by atoms with Crippen molar-refractivity contribution in [2.24, 2.45) is 5.29 Å². The first-order valence-electron chi connectivity index (χ1n) is 5.68. The van der Waals surface area contributed by atoms with Gasteiger partial charge in [0.15, 0.2) is 6.23 Å². The zero-order valence-electron chi connectivity index (χ0n) is 10.2. The average molecular weight is 279 g/mol. The van der Waals surface area contributed by atoms with Crippen LogP contribution in [0.1, 0.15) is 6.92 Å². The summed E-state index contributed by atoms with van der Waals surface area (Å²) in [6, 6.07) is -0.929. The van der Waals surface area contributed by atoms with E-state index >= 15 is 0 Å². The number of nitroso groups, excluding NO2 is 1. The standard InChI is InChI=1S/C9H17N3O7/c1-2-12(11-18)9(17)10-8-7(16)6(15)5(14)4(3-13)19-8/h4-8,13-16H,2-3H2,1H3,(H,10,17)/t4-,5-,6+,7-,8+/m1/s1. The van der Waals surface area contributed by atoms with E-state index in [9.17, 15) is 25.0 Å². The fourth-order valence-electron chi connectivity index (χ4n) is 1.66. The summed E-state index contributed by atoms with van der Waals surface area (Å²) < 4.78 is 5.03. The molecule has 19 heavy (non-hydrogen) atoms. The van der Waals surface area contributed by atoms with Crippen LogP contribution in [0.2, 0.25) is 0 Å². The zero-order valence-corrected chi connectivity index (χ0v) is 10.2. The summed E-state index contributed by atoms with van der Waals surface area (Å²) in [7, 11) is 0. The summed E-state index contributed by atoms with van der Waals surface area (Å²) in [5.74, 6) is 0. The number of rotatable bonds is 4. The molecule has 10 nitrogen and oxygen atoms in total. The third-order valence-corrected chi connectivity index (χ3v) is 2.79. The molecule has 1 heterocycles. The number of aliphatic hydroxyl groups is 4. The lowest BCUT2D eigenvalue weighted by Crippen LogP contribution is -2.64. The van der Waals surface area contributed by atoms with Crippen LogP contribution in [0.3, 0.4) is 0 Å². The van der Waals surface area contributed by atoms with Crippen LogP contribution < -0.4 is 5.32 Å². The molecule has 1 saturated heterocycles. The van der Waals surface area contributed by atoms with Gasteiger partial charge in [-0.1, -0.05) is 0 Å². The molecule has 1 aliphatic rings. The van der Waals surface area contributed by atoms with Crippen LogP contribution in [-0.2, 0) is 4.74 Å². The fourth-order valence-corrected chi connectivity index (χ4v) is 1.66. The molecule has 0 aromatic heterocycles. The summed E-state index contributed by atoms with van der Waals surface area (Å²) in [6.07, 6.45) is -7.23. The summed E-state index contributed by atoms with van der Waals surface area (Å²) in [6.45, 7) is 0.905. The molecule has 0 aromatic rings. The number of ether oxygens (including phenoxy) is 1. The normalized spacial score (nSPS) is 34.7. The number of carbonyl (C=O) groups is 1. The molecule has 1 fully saturated rings. The van der Waals surface area contributed by atoms with Gasteiger partial charge in [-0.15, -0.1) is 4.91 Å². The lowest BCUT2D eigenvalue weighted by Gasteiger charge is -2.40. The van der Waals surface area contributed by atoms with E-state index in [1.807, 2.05) is 0 Å². The van der Waals surface area contributed by atoms with Crippen molar-refractivity contribution in [3.8, 4) is 0 Å². The number of nitrogens with zero attached hydrogens (tertiary/aromatic N) is 2. The third kappa shape index (κ3) is 3.36. The molecule has 0 spiro atoms. The molecule has 5 atom stereocenters. The Balaban J connectivity index is 2.71. The van der Waals surface area contributed by atoms with Crippen molar-refractivity contribution >= 4 is 6.03 Å². The molecule has 0 aliphatic carbocycles. The molecule has 1 aliphatic heterocycles. The highest BCUT2D eigenvalue weighted by atomic mass is 16.6. The molecule has 1 rings (SSSR count). The van der Waals surface area contributed by atoms with Gasteiger partial charge in [0.2, 0.25) is 0 Å². The van der Waals surface area contributed by atoms with Crippen molar-refractivity contribution in [2.75, 3.05) is 13.2 Å². The third-order valence-electron chi connectivity index (χ3n) is 2.79. The maximum absolute atomic E-state index is 11.5. The second-order valence-corrected chi connectivity index (χ2v) is 4.00. The predicted octanol–water partition coefficient (Wildman–Crippen LogP) is -2.50. The van der Waals surface area contributed by atoms with Crippen molar-refractivity contribution in [2.45, 2.75) is 37.6 Å². The quantitative estimate of drug-likeness (QED) is 0.282. The van der Waals surface area contributed by atoms with E-state index in [-0.39, 0.29) is 6.54 Å². The Kier molecular flexibility index (Phi) is 5.57. The highest BCUT2D eigenvalue weighted by Gasteiger charge is 2.44. The lowest BCUT2D eigenvalue weighted by molar-refractivity contribution is -0.233. The van der Waals surface area contributed by atoms with Gasteiger partial charge in [-0.25, -0.2) is 4.79 Å². The smallest absolute Gasteiger partial charge is 0.342 e. The second-order valence-electron chi connectivity index (χ2n) is 4.00. The van der Waals surface area contributed by atoms with Crippen molar-refractivity contribution in [1.29, 1.82) is 0 Å². The van der Waals surface area contributed by atoms with Gasteiger partial charge in [0.1, 0.15) is 24.4 Å². The minimum atomic E-state index is -1.60. The van der Waals surface area contributed by atoms with E-state index in [1.54, 1.807) is 0 Å². The minimum Gasteiger partial charge on any atom is -0.394 e. The van der Waals surface area contributed by atoms with Crippen LogP contribution in [0.25, 0.3) is 0 Å². The number of hydrogen-bond acceptors (Lipinski definition) is 8. The Morgan fingerprint density at radius 1 is 1.32 bits per heavy atom. The van der Waals surface area contributed by atoms with Crippen LogP contribution in [0.4, 0.5) is 4.79 Å². The summed E-state index contributed by atoms with van der Waals surface area (Å²) in [4.78, 5) is 21.8. The van der Waals surface area contributed by atoms with Crippen LogP contribution >= 0.6 is 0 Å².